The van der Waals surface area contributed by atoms with Crippen molar-refractivity contribution in [2.45, 2.75) is 0 Å². The predicted molar refractivity (Wildman–Crippen MR) is 136 cm³/mol. The van der Waals surface area contributed by atoms with Crippen LogP contribution in [0.15, 0.2) is 77.2 Å². The van der Waals surface area contributed by atoms with Crippen molar-refractivity contribution >= 4 is 34.3 Å². The number of nitro benzene ring substituents is 1. The number of methoxy groups -OCH3 is 2. The second kappa shape index (κ2) is 11.1. The number of carbonyl (C=O) groups is 1. The number of carbonyl (C=O) groups excluding carboxylic acids is 1. The Hall–Kier alpha value is -4.77. The van der Waals surface area contributed by atoms with Crippen LogP contribution in [0, 0.1) is 10.1 Å². The minimum absolute atomic E-state index is 0.0212. The molecule has 0 radical (unpaired) electrons. The number of ether oxygens (including phenoxy) is 3. The molecule has 1 N–H and O–H groups in total. The smallest absolute Gasteiger partial charge is 0.347 e. The lowest BCUT2D eigenvalue weighted by atomic mass is 10.1. The molecule has 0 saturated carbocycles. The molecule has 0 unspecified atom stereocenters. The summed E-state index contributed by atoms with van der Waals surface area (Å²) in [6.07, 6.45) is 1.57. The van der Waals surface area contributed by atoms with Crippen LogP contribution in [0.4, 0.5) is 10.8 Å². The van der Waals surface area contributed by atoms with Gasteiger partial charge in [0.15, 0.2) is 11.5 Å². The highest BCUT2D eigenvalue weighted by Crippen LogP contribution is 2.30. The van der Waals surface area contributed by atoms with E-state index in [4.69, 9.17) is 14.2 Å². The van der Waals surface area contributed by atoms with E-state index in [1.165, 1.54) is 37.7 Å². The lowest BCUT2D eigenvalue weighted by Gasteiger charge is -2.11. The summed E-state index contributed by atoms with van der Waals surface area (Å²) in [5, 5.41) is 17.4. The molecule has 3 aromatic carbocycles. The number of nitrogens with one attached hydrogen (secondary N) is 1. The second-order valence-corrected chi connectivity index (χ2v) is 8.07. The van der Waals surface area contributed by atoms with Gasteiger partial charge in [0.25, 0.3) is 5.69 Å². The molecule has 0 aliphatic rings. The van der Waals surface area contributed by atoms with E-state index in [0.29, 0.717) is 33.5 Å². The Kier molecular flexibility index (Phi) is 7.51. The molecule has 10 nitrogen and oxygen atoms in total. The van der Waals surface area contributed by atoms with Crippen molar-refractivity contribution in [2.75, 3.05) is 19.6 Å². The molecule has 36 heavy (non-hydrogen) atoms. The summed E-state index contributed by atoms with van der Waals surface area (Å²) in [6, 6.07) is 18.0. The SMILES string of the molecule is COc1cc(/C=N\Nc2nc(-c3ccc([N+](=O)[O-])cc3)cs2)ccc1OC(=O)c1ccccc1OC. The quantitative estimate of drug-likeness (QED) is 0.106. The first kappa shape index (κ1) is 24.4. The molecule has 4 rings (SSSR count). The van der Waals surface area contributed by atoms with E-state index >= 15 is 0 Å². The standard InChI is InChI=1S/C25H20N4O6S/c1-33-21-6-4-3-5-19(21)24(30)35-22-12-7-16(13-23(22)34-2)14-26-28-25-27-20(15-36-25)17-8-10-18(11-9-17)29(31)32/h3-15H,1-2H3,(H,27,28)/b26-14-. The number of thiazole rings is 1. The van der Waals surface area contributed by atoms with Gasteiger partial charge in [-0.15, -0.1) is 11.3 Å². The van der Waals surface area contributed by atoms with Crippen molar-refractivity contribution < 1.29 is 23.9 Å². The Labute approximate surface area is 209 Å². The Bertz CT molecular complexity index is 1420. The van der Waals surface area contributed by atoms with E-state index in [2.05, 4.69) is 15.5 Å². The van der Waals surface area contributed by atoms with E-state index < -0.39 is 10.9 Å². The Morgan fingerprint density at radius 3 is 2.50 bits per heavy atom. The van der Waals surface area contributed by atoms with Crippen LogP contribution < -0.4 is 19.6 Å². The van der Waals surface area contributed by atoms with Crippen molar-refractivity contribution in [2.24, 2.45) is 5.10 Å². The normalized spacial score (nSPS) is 10.7. The van der Waals surface area contributed by atoms with Crippen molar-refractivity contribution in [3.8, 4) is 28.5 Å². The van der Waals surface area contributed by atoms with Gasteiger partial charge in [-0.3, -0.25) is 15.5 Å². The summed E-state index contributed by atoms with van der Waals surface area (Å²) in [6.45, 7) is 0. The average Bonchev–Trinajstić information content (AvgIpc) is 3.38. The van der Waals surface area contributed by atoms with Gasteiger partial charge in [0.1, 0.15) is 11.3 Å². The highest BCUT2D eigenvalue weighted by Gasteiger charge is 2.16. The molecule has 0 atom stereocenters. The van der Waals surface area contributed by atoms with Gasteiger partial charge < -0.3 is 14.2 Å². The van der Waals surface area contributed by atoms with Crippen molar-refractivity contribution in [1.29, 1.82) is 0 Å². The van der Waals surface area contributed by atoms with Crippen LogP contribution in [-0.4, -0.2) is 36.3 Å². The molecule has 182 valence electrons. The summed E-state index contributed by atoms with van der Waals surface area (Å²) in [5.41, 5.74) is 5.32. The number of esters is 1. The number of nitro groups is 1. The number of anilines is 1. The van der Waals surface area contributed by atoms with Gasteiger partial charge in [-0.05, 0) is 48.0 Å². The molecule has 0 fully saturated rings. The van der Waals surface area contributed by atoms with E-state index in [9.17, 15) is 14.9 Å². The number of para-hydroxylation sites is 1. The fraction of sp³-hybridized carbons (Fsp3) is 0.0800. The van der Waals surface area contributed by atoms with Gasteiger partial charge in [-0.1, -0.05) is 12.1 Å². The number of benzene rings is 3. The predicted octanol–water partition coefficient (Wildman–Crippen LogP) is 5.40. The summed E-state index contributed by atoms with van der Waals surface area (Å²) >= 11 is 1.35. The molecule has 1 aromatic heterocycles. The molecule has 1 heterocycles. The third-order valence-corrected chi connectivity index (χ3v) is 5.72. The largest absolute Gasteiger partial charge is 0.496 e. The van der Waals surface area contributed by atoms with Gasteiger partial charge >= 0.3 is 5.97 Å². The Balaban J connectivity index is 1.41. The van der Waals surface area contributed by atoms with Gasteiger partial charge in [0.2, 0.25) is 5.13 Å². The number of aromatic nitrogens is 1. The van der Waals surface area contributed by atoms with Gasteiger partial charge in [0, 0.05) is 23.1 Å². The lowest BCUT2D eigenvalue weighted by Crippen LogP contribution is -2.10. The fourth-order valence-electron chi connectivity index (χ4n) is 3.19. The average molecular weight is 505 g/mol. The third-order valence-electron chi connectivity index (χ3n) is 4.97. The van der Waals surface area contributed by atoms with Crippen LogP contribution in [0.2, 0.25) is 0 Å². The van der Waals surface area contributed by atoms with Crippen molar-refractivity contribution in [3.05, 3.63) is 93.4 Å². The molecule has 4 aromatic rings. The molecule has 0 aliphatic carbocycles. The maximum absolute atomic E-state index is 12.6. The number of nitrogens with zero attached hydrogens (tertiary/aromatic N) is 3. The Morgan fingerprint density at radius 2 is 1.78 bits per heavy atom. The molecular weight excluding hydrogens is 484 g/mol. The molecular formula is C25H20N4O6S. The zero-order chi connectivity index (χ0) is 25.5. The van der Waals surface area contributed by atoms with Crippen LogP contribution in [0.3, 0.4) is 0 Å². The Morgan fingerprint density at radius 1 is 1.03 bits per heavy atom. The minimum Gasteiger partial charge on any atom is -0.496 e. The molecule has 0 spiro atoms. The van der Waals surface area contributed by atoms with Crippen LogP contribution in [0.25, 0.3) is 11.3 Å². The van der Waals surface area contributed by atoms with Gasteiger partial charge in [-0.2, -0.15) is 5.10 Å². The first-order valence-electron chi connectivity index (χ1n) is 10.5. The van der Waals surface area contributed by atoms with E-state index in [1.54, 1.807) is 60.8 Å². The number of rotatable bonds is 9. The van der Waals surface area contributed by atoms with Crippen LogP contribution in [0.1, 0.15) is 15.9 Å². The molecule has 0 amide bonds. The highest BCUT2D eigenvalue weighted by atomic mass is 32.1. The van der Waals surface area contributed by atoms with Crippen LogP contribution >= 0.6 is 11.3 Å². The molecule has 0 aliphatic heterocycles. The molecule has 0 bridgehead atoms. The summed E-state index contributed by atoms with van der Waals surface area (Å²) in [7, 11) is 2.96. The fourth-order valence-corrected chi connectivity index (χ4v) is 3.86. The van der Waals surface area contributed by atoms with Gasteiger partial charge in [-0.25, -0.2) is 9.78 Å². The monoisotopic (exact) mass is 504 g/mol. The van der Waals surface area contributed by atoms with Gasteiger partial charge in [0.05, 0.1) is 31.1 Å². The topological polar surface area (TPSA) is 125 Å². The van der Waals surface area contributed by atoms with E-state index in [1.807, 2.05) is 5.38 Å². The summed E-state index contributed by atoms with van der Waals surface area (Å²) in [5.74, 6) is 0.458. The third kappa shape index (κ3) is 5.65. The minimum atomic E-state index is -0.568. The number of hydrogen-bond acceptors (Lipinski definition) is 10. The zero-order valence-electron chi connectivity index (χ0n) is 19.2. The van der Waals surface area contributed by atoms with Crippen LogP contribution in [0.5, 0.6) is 17.2 Å². The number of hydrazone groups is 1. The molecule has 0 saturated heterocycles. The lowest BCUT2D eigenvalue weighted by molar-refractivity contribution is -0.384. The first-order valence-corrected chi connectivity index (χ1v) is 11.4. The highest BCUT2D eigenvalue weighted by molar-refractivity contribution is 7.14. The van der Waals surface area contributed by atoms with Crippen molar-refractivity contribution in [1.82, 2.24) is 4.98 Å². The van der Waals surface area contributed by atoms with E-state index in [0.717, 1.165) is 5.56 Å². The first-order chi connectivity index (χ1) is 17.5. The zero-order valence-corrected chi connectivity index (χ0v) is 20.0. The number of hydrogen-bond donors (Lipinski definition) is 1. The maximum atomic E-state index is 12.6. The van der Waals surface area contributed by atoms with Crippen LogP contribution in [-0.2, 0) is 0 Å². The number of non-ortho nitro benzene ring substituents is 1. The molecule has 11 heteroatoms. The van der Waals surface area contributed by atoms with E-state index in [-0.39, 0.29) is 11.4 Å². The summed E-state index contributed by atoms with van der Waals surface area (Å²) < 4.78 is 16.1. The maximum Gasteiger partial charge on any atom is 0.347 e. The summed E-state index contributed by atoms with van der Waals surface area (Å²) in [4.78, 5) is 27.4. The second-order valence-electron chi connectivity index (χ2n) is 7.21. The van der Waals surface area contributed by atoms with Crippen molar-refractivity contribution in [3.63, 3.8) is 0 Å².